The van der Waals surface area contributed by atoms with Crippen molar-refractivity contribution in [3.63, 3.8) is 0 Å². The zero-order valence-corrected chi connectivity index (χ0v) is 10.3. The van der Waals surface area contributed by atoms with Crippen molar-refractivity contribution in [2.24, 2.45) is 0 Å². The summed E-state index contributed by atoms with van der Waals surface area (Å²) in [5, 5.41) is 12.4. The van der Waals surface area contributed by atoms with Crippen molar-refractivity contribution in [3.8, 4) is 11.5 Å². The number of aromatic hydroxyl groups is 1. The number of rotatable bonds is 5. The number of phenols is 1. The van der Waals surface area contributed by atoms with E-state index in [0.29, 0.717) is 0 Å². The van der Waals surface area contributed by atoms with Gasteiger partial charge in [-0.1, -0.05) is 12.1 Å². The molecule has 94 valence electrons. The van der Waals surface area contributed by atoms with Crippen molar-refractivity contribution in [1.29, 1.82) is 0 Å². The number of aromatic nitrogens is 1. The summed E-state index contributed by atoms with van der Waals surface area (Å²) >= 11 is 0. The van der Waals surface area contributed by atoms with E-state index in [1.54, 1.807) is 25.4 Å². The fourth-order valence-electron chi connectivity index (χ4n) is 1.68. The molecule has 0 aliphatic heterocycles. The molecule has 2 N–H and O–H groups in total. The van der Waals surface area contributed by atoms with Gasteiger partial charge in [0.15, 0.2) is 11.6 Å². The largest absolute Gasteiger partial charge is 0.508 e. The van der Waals surface area contributed by atoms with Crippen LogP contribution in [0.2, 0.25) is 0 Å². The van der Waals surface area contributed by atoms with Gasteiger partial charge in [0.05, 0.1) is 7.11 Å². The van der Waals surface area contributed by atoms with Gasteiger partial charge < -0.3 is 15.2 Å². The van der Waals surface area contributed by atoms with Gasteiger partial charge in [0.2, 0.25) is 0 Å². The van der Waals surface area contributed by atoms with Crippen LogP contribution in [0.25, 0.3) is 0 Å². The molecule has 0 aliphatic carbocycles. The molecular formula is C14H16N2O2. The Morgan fingerprint density at radius 3 is 2.72 bits per heavy atom. The number of hydrogen-bond acceptors (Lipinski definition) is 4. The number of nitrogens with zero attached hydrogens (tertiary/aromatic N) is 1. The topological polar surface area (TPSA) is 54.4 Å². The van der Waals surface area contributed by atoms with Crippen LogP contribution in [-0.2, 0) is 6.42 Å². The van der Waals surface area contributed by atoms with Crippen molar-refractivity contribution >= 4 is 5.82 Å². The molecule has 0 saturated carbocycles. The number of nitrogens with one attached hydrogen (secondary N) is 1. The van der Waals surface area contributed by atoms with Gasteiger partial charge >= 0.3 is 0 Å². The lowest BCUT2D eigenvalue weighted by atomic mass is 10.1. The van der Waals surface area contributed by atoms with Crippen LogP contribution in [0.3, 0.4) is 0 Å². The third-order valence-electron chi connectivity index (χ3n) is 2.63. The van der Waals surface area contributed by atoms with Crippen LogP contribution >= 0.6 is 0 Å². The van der Waals surface area contributed by atoms with Crippen molar-refractivity contribution in [2.75, 3.05) is 19.0 Å². The highest BCUT2D eigenvalue weighted by Crippen LogP contribution is 2.19. The highest BCUT2D eigenvalue weighted by atomic mass is 16.5. The van der Waals surface area contributed by atoms with Crippen LogP contribution in [0.1, 0.15) is 5.56 Å². The molecule has 0 atom stereocenters. The van der Waals surface area contributed by atoms with Crippen LogP contribution in [0.4, 0.5) is 5.82 Å². The summed E-state index contributed by atoms with van der Waals surface area (Å²) in [6.07, 6.45) is 2.59. The Hall–Kier alpha value is -2.23. The summed E-state index contributed by atoms with van der Waals surface area (Å²) in [4.78, 5) is 4.22. The molecule has 0 unspecified atom stereocenters. The second kappa shape index (κ2) is 5.91. The lowest BCUT2D eigenvalue weighted by molar-refractivity contribution is 0.415. The molecule has 4 heteroatoms. The summed E-state index contributed by atoms with van der Waals surface area (Å²) in [5.74, 6) is 1.78. The predicted molar refractivity (Wildman–Crippen MR) is 71.1 cm³/mol. The summed E-state index contributed by atoms with van der Waals surface area (Å²) in [6, 6.07) is 10.9. The van der Waals surface area contributed by atoms with E-state index in [9.17, 15) is 5.11 Å². The Bertz CT molecular complexity index is 497. The first-order valence-electron chi connectivity index (χ1n) is 5.80. The maximum absolute atomic E-state index is 9.19. The number of pyridine rings is 1. The molecular weight excluding hydrogens is 228 g/mol. The normalized spacial score (nSPS) is 10.1. The molecule has 0 radical (unpaired) electrons. The second-order valence-electron chi connectivity index (χ2n) is 3.90. The number of methoxy groups -OCH3 is 1. The van der Waals surface area contributed by atoms with Crippen LogP contribution in [0, 0.1) is 0 Å². The molecule has 0 bridgehead atoms. The SMILES string of the molecule is COc1cccnc1NCCc1ccc(O)cc1. The number of phenolic OH excluding ortho intramolecular Hbond substituents is 1. The van der Waals surface area contributed by atoms with Gasteiger partial charge in [-0.3, -0.25) is 0 Å². The van der Waals surface area contributed by atoms with E-state index in [1.807, 2.05) is 24.3 Å². The molecule has 1 heterocycles. The highest BCUT2D eigenvalue weighted by Gasteiger charge is 2.01. The zero-order valence-electron chi connectivity index (χ0n) is 10.3. The van der Waals surface area contributed by atoms with Crippen molar-refractivity contribution in [3.05, 3.63) is 48.2 Å². The van der Waals surface area contributed by atoms with Gasteiger partial charge in [0.1, 0.15) is 5.75 Å². The van der Waals surface area contributed by atoms with E-state index in [-0.39, 0.29) is 5.75 Å². The number of ether oxygens (including phenoxy) is 1. The summed E-state index contributed by atoms with van der Waals surface area (Å²) in [7, 11) is 1.63. The molecule has 1 aromatic heterocycles. The molecule has 4 nitrogen and oxygen atoms in total. The van der Waals surface area contributed by atoms with Gasteiger partial charge in [-0.2, -0.15) is 0 Å². The summed E-state index contributed by atoms with van der Waals surface area (Å²) in [5.41, 5.74) is 1.16. The average molecular weight is 244 g/mol. The predicted octanol–water partition coefficient (Wildman–Crippen LogP) is 2.45. The minimum atomic E-state index is 0.290. The molecule has 0 fully saturated rings. The number of hydrogen-bond donors (Lipinski definition) is 2. The lowest BCUT2D eigenvalue weighted by Crippen LogP contribution is -2.07. The van der Waals surface area contributed by atoms with E-state index >= 15 is 0 Å². The molecule has 2 aromatic rings. The van der Waals surface area contributed by atoms with Gasteiger partial charge in [-0.05, 0) is 36.2 Å². The number of benzene rings is 1. The summed E-state index contributed by atoms with van der Waals surface area (Å²) in [6.45, 7) is 0.762. The molecule has 18 heavy (non-hydrogen) atoms. The first-order chi connectivity index (χ1) is 8.79. The maximum Gasteiger partial charge on any atom is 0.168 e. The molecule has 2 rings (SSSR count). The van der Waals surface area contributed by atoms with Crippen LogP contribution in [0.15, 0.2) is 42.6 Å². The first kappa shape index (κ1) is 12.2. The van der Waals surface area contributed by atoms with Gasteiger partial charge in [-0.15, -0.1) is 0 Å². The van der Waals surface area contributed by atoms with Crippen molar-refractivity contribution in [2.45, 2.75) is 6.42 Å². The molecule has 0 spiro atoms. The fraction of sp³-hybridized carbons (Fsp3) is 0.214. The smallest absolute Gasteiger partial charge is 0.168 e. The monoisotopic (exact) mass is 244 g/mol. The Morgan fingerprint density at radius 2 is 2.00 bits per heavy atom. The fourth-order valence-corrected chi connectivity index (χ4v) is 1.68. The van der Waals surface area contributed by atoms with Crippen molar-refractivity contribution in [1.82, 2.24) is 4.98 Å². The average Bonchev–Trinajstić information content (AvgIpc) is 2.41. The molecule has 0 saturated heterocycles. The first-order valence-corrected chi connectivity index (χ1v) is 5.80. The van der Waals surface area contributed by atoms with Gasteiger partial charge in [-0.25, -0.2) is 4.98 Å². The second-order valence-corrected chi connectivity index (χ2v) is 3.90. The quantitative estimate of drug-likeness (QED) is 0.848. The summed E-state index contributed by atoms with van der Waals surface area (Å²) < 4.78 is 5.21. The van der Waals surface area contributed by atoms with E-state index in [0.717, 1.165) is 30.1 Å². The van der Waals surface area contributed by atoms with E-state index in [2.05, 4.69) is 10.3 Å². The minimum absolute atomic E-state index is 0.290. The van der Waals surface area contributed by atoms with Gasteiger partial charge in [0.25, 0.3) is 0 Å². The zero-order chi connectivity index (χ0) is 12.8. The molecule has 0 amide bonds. The Morgan fingerprint density at radius 1 is 1.22 bits per heavy atom. The van der Waals surface area contributed by atoms with Crippen LogP contribution < -0.4 is 10.1 Å². The molecule has 0 aliphatic rings. The van der Waals surface area contributed by atoms with E-state index in [1.165, 1.54) is 0 Å². The van der Waals surface area contributed by atoms with Crippen LogP contribution in [0.5, 0.6) is 11.5 Å². The highest BCUT2D eigenvalue weighted by molar-refractivity contribution is 5.49. The lowest BCUT2D eigenvalue weighted by Gasteiger charge is -2.09. The third-order valence-corrected chi connectivity index (χ3v) is 2.63. The Labute approximate surface area is 106 Å². The Kier molecular flexibility index (Phi) is 4.02. The minimum Gasteiger partial charge on any atom is -0.508 e. The van der Waals surface area contributed by atoms with E-state index in [4.69, 9.17) is 4.74 Å². The van der Waals surface area contributed by atoms with Crippen molar-refractivity contribution < 1.29 is 9.84 Å². The van der Waals surface area contributed by atoms with E-state index < -0.39 is 0 Å². The maximum atomic E-state index is 9.19. The Balaban J connectivity index is 1.90. The standard InChI is InChI=1S/C14H16N2O2/c1-18-13-3-2-9-15-14(13)16-10-8-11-4-6-12(17)7-5-11/h2-7,9,17H,8,10H2,1H3,(H,15,16). The third kappa shape index (κ3) is 3.13. The molecule has 1 aromatic carbocycles. The van der Waals surface area contributed by atoms with Gasteiger partial charge in [0, 0.05) is 12.7 Å². The van der Waals surface area contributed by atoms with Crippen LogP contribution in [-0.4, -0.2) is 23.7 Å². The number of anilines is 1.